The molecule has 1 aromatic heterocycles. The summed E-state index contributed by atoms with van der Waals surface area (Å²) in [5.41, 5.74) is 0.165. The highest BCUT2D eigenvalue weighted by molar-refractivity contribution is 7.88. The van der Waals surface area contributed by atoms with Crippen LogP contribution in [0.15, 0.2) is 21.8 Å². The highest BCUT2D eigenvalue weighted by Gasteiger charge is 2.34. The van der Waals surface area contributed by atoms with E-state index in [-0.39, 0.29) is 11.4 Å². The highest BCUT2D eigenvalue weighted by atomic mass is 32.2. The van der Waals surface area contributed by atoms with E-state index >= 15 is 0 Å². The Morgan fingerprint density at radius 1 is 1.32 bits per heavy atom. The summed E-state index contributed by atoms with van der Waals surface area (Å²) >= 11 is 0. The van der Waals surface area contributed by atoms with Crippen molar-refractivity contribution in [3.8, 4) is 0 Å². The van der Waals surface area contributed by atoms with Crippen LogP contribution in [0.1, 0.15) is 18.5 Å². The lowest BCUT2D eigenvalue weighted by Gasteiger charge is -2.39. The maximum Gasteiger partial charge on any atom is 0.220 e. The molecule has 2 aliphatic heterocycles. The molecule has 0 radical (unpaired) electrons. The number of ether oxygens (including phenoxy) is 2. The van der Waals surface area contributed by atoms with Crippen molar-refractivity contribution in [2.45, 2.75) is 24.2 Å². The van der Waals surface area contributed by atoms with Gasteiger partial charge >= 0.3 is 0 Å². The molecule has 0 aliphatic carbocycles. The SMILES string of the molecule is CN=C(NCC1(OC)CCOCC1)N1CCN(S(=O)(=O)Cc2ccon2)CC1. The molecule has 3 rings (SSSR count). The maximum atomic E-state index is 12.6. The molecule has 10 nitrogen and oxygen atoms in total. The molecule has 158 valence electrons. The van der Waals surface area contributed by atoms with Crippen LogP contribution in [-0.2, 0) is 25.2 Å². The monoisotopic (exact) mass is 415 g/mol. The van der Waals surface area contributed by atoms with Gasteiger partial charge in [-0.1, -0.05) is 5.16 Å². The van der Waals surface area contributed by atoms with E-state index in [1.807, 2.05) is 0 Å². The Balaban J connectivity index is 1.52. The first kappa shape index (κ1) is 21.0. The molecule has 1 N–H and O–H groups in total. The molecule has 0 amide bonds. The van der Waals surface area contributed by atoms with Gasteiger partial charge < -0.3 is 24.2 Å². The van der Waals surface area contributed by atoms with E-state index in [0.29, 0.717) is 51.6 Å². The zero-order valence-electron chi connectivity index (χ0n) is 16.5. The van der Waals surface area contributed by atoms with Crippen molar-refractivity contribution in [3.05, 3.63) is 18.0 Å². The Hall–Kier alpha value is -1.69. The molecule has 0 atom stereocenters. The molecule has 0 unspecified atom stereocenters. The van der Waals surface area contributed by atoms with Crippen molar-refractivity contribution < 1.29 is 22.4 Å². The van der Waals surface area contributed by atoms with Crippen LogP contribution in [0.5, 0.6) is 0 Å². The fourth-order valence-electron chi connectivity index (χ4n) is 3.54. The first-order chi connectivity index (χ1) is 13.5. The zero-order chi connectivity index (χ0) is 20.0. The lowest BCUT2D eigenvalue weighted by molar-refractivity contribution is -0.0857. The molecule has 0 spiro atoms. The Kier molecular flexibility index (Phi) is 6.91. The molecule has 3 heterocycles. The van der Waals surface area contributed by atoms with E-state index in [0.717, 1.165) is 18.8 Å². The Morgan fingerprint density at radius 2 is 2.04 bits per heavy atom. The first-order valence-electron chi connectivity index (χ1n) is 9.44. The molecule has 2 saturated heterocycles. The van der Waals surface area contributed by atoms with Crippen molar-refractivity contribution >= 4 is 16.0 Å². The van der Waals surface area contributed by atoms with Crippen molar-refractivity contribution in [3.63, 3.8) is 0 Å². The average Bonchev–Trinajstić information content (AvgIpc) is 3.22. The van der Waals surface area contributed by atoms with Crippen LogP contribution in [0, 0.1) is 0 Å². The molecule has 0 saturated carbocycles. The summed E-state index contributed by atoms with van der Waals surface area (Å²) in [6.07, 6.45) is 3.05. The fourth-order valence-corrected chi connectivity index (χ4v) is 4.96. The number of hydrogen-bond donors (Lipinski definition) is 1. The van der Waals surface area contributed by atoms with E-state index in [1.54, 1.807) is 20.2 Å². The van der Waals surface area contributed by atoms with Gasteiger partial charge in [-0.2, -0.15) is 4.31 Å². The number of methoxy groups -OCH3 is 1. The first-order valence-corrected chi connectivity index (χ1v) is 11.0. The number of hydrogen-bond acceptors (Lipinski definition) is 7. The van der Waals surface area contributed by atoms with E-state index in [4.69, 9.17) is 14.0 Å². The molecular weight excluding hydrogens is 386 g/mol. The second-order valence-electron chi connectivity index (χ2n) is 7.03. The van der Waals surface area contributed by atoms with Gasteiger partial charge in [0.2, 0.25) is 10.0 Å². The largest absolute Gasteiger partial charge is 0.381 e. The molecule has 11 heteroatoms. The Labute approximate surface area is 165 Å². The maximum absolute atomic E-state index is 12.6. The smallest absolute Gasteiger partial charge is 0.220 e. The van der Waals surface area contributed by atoms with Crippen LogP contribution < -0.4 is 5.32 Å². The summed E-state index contributed by atoms with van der Waals surface area (Å²) in [4.78, 5) is 6.44. The number of sulfonamides is 1. The average molecular weight is 416 g/mol. The van der Waals surface area contributed by atoms with Crippen LogP contribution in [0.2, 0.25) is 0 Å². The van der Waals surface area contributed by atoms with Crippen LogP contribution in [0.4, 0.5) is 0 Å². The fraction of sp³-hybridized carbons (Fsp3) is 0.765. The summed E-state index contributed by atoms with van der Waals surface area (Å²) in [5.74, 6) is 0.617. The van der Waals surface area contributed by atoms with Gasteiger partial charge in [-0.3, -0.25) is 4.99 Å². The number of nitrogens with one attached hydrogen (secondary N) is 1. The molecule has 0 bridgehead atoms. The minimum atomic E-state index is -3.42. The van der Waals surface area contributed by atoms with Gasteiger partial charge in [0.25, 0.3) is 0 Å². The number of rotatable bonds is 6. The molecule has 0 aromatic carbocycles. The van der Waals surface area contributed by atoms with Crippen LogP contribution in [0.25, 0.3) is 0 Å². The number of nitrogens with zero attached hydrogens (tertiary/aromatic N) is 4. The van der Waals surface area contributed by atoms with E-state index in [2.05, 4.69) is 20.4 Å². The van der Waals surface area contributed by atoms with Crippen molar-refractivity contribution in [2.24, 2.45) is 4.99 Å². The van der Waals surface area contributed by atoms with Crippen molar-refractivity contribution in [1.82, 2.24) is 19.7 Å². The van der Waals surface area contributed by atoms with Gasteiger partial charge in [-0.15, -0.1) is 0 Å². The summed E-state index contributed by atoms with van der Waals surface area (Å²) in [5, 5.41) is 7.09. The summed E-state index contributed by atoms with van der Waals surface area (Å²) in [6, 6.07) is 1.57. The molecule has 2 fully saturated rings. The van der Waals surface area contributed by atoms with Gasteiger partial charge in [0, 0.05) is 79.0 Å². The van der Waals surface area contributed by atoms with Crippen molar-refractivity contribution in [2.75, 3.05) is 60.1 Å². The second kappa shape index (κ2) is 9.21. The van der Waals surface area contributed by atoms with Gasteiger partial charge in [-0.25, -0.2) is 8.42 Å². The number of aliphatic imine (C=N–C) groups is 1. The minimum Gasteiger partial charge on any atom is -0.381 e. The third-order valence-electron chi connectivity index (χ3n) is 5.37. The van der Waals surface area contributed by atoms with Crippen LogP contribution in [-0.4, -0.2) is 94.4 Å². The Bertz CT molecular complexity index is 738. The predicted molar refractivity (Wildman–Crippen MR) is 103 cm³/mol. The van der Waals surface area contributed by atoms with Gasteiger partial charge in [-0.05, 0) is 0 Å². The lowest BCUT2D eigenvalue weighted by Crippen LogP contribution is -2.56. The standard InChI is InChI=1S/C17H29N5O5S/c1-18-16(19-14-17(25-2)4-11-26-12-5-17)21-6-8-22(9-7-21)28(23,24)13-15-3-10-27-20-15/h3,10H,4-9,11-14H2,1-2H3,(H,18,19). The summed E-state index contributed by atoms with van der Waals surface area (Å²) in [6.45, 7) is 3.98. The highest BCUT2D eigenvalue weighted by Crippen LogP contribution is 2.23. The summed E-state index contributed by atoms with van der Waals surface area (Å²) in [7, 11) is 0.0507. The zero-order valence-corrected chi connectivity index (χ0v) is 17.3. The second-order valence-corrected chi connectivity index (χ2v) is 9.00. The topological polar surface area (TPSA) is 110 Å². The van der Waals surface area contributed by atoms with Gasteiger partial charge in [0.05, 0.1) is 11.3 Å². The Morgan fingerprint density at radius 3 is 2.61 bits per heavy atom. The van der Waals surface area contributed by atoms with E-state index in [1.165, 1.54) is 10.6 Å². The van der Waals surface area contributed by atoms with E-state index in [9.17, 15) is 8.42 Å². The molecule has 1 aromatic rings. The van der Waals surface area contributed by atoms with Crippen LogP contribution in [0.3, 0.4) is 0 Å². The van der Waals surface area contributed by atoms with Gasteiger partial charge in [0.1, 0.15) is 12.0 Å². The number of aromatic nitrogens is 1. The number of piperazine rings is 1. The molecular formula is C17H29N5O5S. The number of guanidine groups is 1. The minimum absolute atomic E-state index is 0.144. The molecule has 2 aliphatic rings. The molecule has 28 heavy (non-hydrogen) atoms. The summed E-state index contributed by atoms with van der Waals surface area (Å²) < 4.78 is 42.5. The third-order valence-corrected chi connectivity index (χ3v) is 7.18. The van der Waals surface area contributed by atoms with Crippen LogP contribution >= 0.6 is 0 Å². The van der Waals surface area contributed by atoms with Crippen molar-refractivity contribution in [1.29, 1.82) is 0 Å². The lowest BCUT2D eigenvalue weighted by atomic mass is 9.94. The quantitative estimate of drug-likeness (QED) is 0.506. The normalized spacial score (nSPS) is 21.6. The van der Waals surface area contributed by atoms with E-state index < -0.39 is 10.0 Å². The third kappa shape index (κ3) is 5.02. The predicted octanol–water partition coefficient (Wildman–Crippen LogP) is -0.107. The van der Waals surface area contributed by atoms with Gasteiger partial charge in [0.15, 0.2) is 5.96 Å².